The molecule has 1 amide bonds. The molecule has 0 saturated carbocycles. The number of imidazole rings is 2. The molecule has 0 aliphatic carbocycles. The van der Waals surface area contributed by atoms with Gasteiger partial charge >= 0.3 is 0 Å². The third kappa shape index (κ3) is 2.50. The van der Waals surface area contributed by atoms with E-state index in [1.54, 1.807) is 30.1 Å². The van der Waals surface area contributed by atoms with Gasteiger partial charge in [-0.1, -0.05) is 6.07 Å². The molecule has 1 unspecified atom stereocenters. The number of H-pyrrole nitrogens is 1. The molecule has 0 fully saturated rings. The van der Waals surface area contributed by atoms with E-state index in [1.165, 1.54) is 0 Å². The van der Waals surface area contributed by atoms with Gasteiger partial charge in [0.05, 0.1) is 24.1 Å². The van der Waals surface area contributed by atoms with Crippen molar-refractivity contribution in [1.82, 2.24) is 29.2 Å². The molecule has 1 N–H and O–H groups in total. The highest BCUT2D eigenvalue weighted by Gasteiger charge is 2.34. The zero-order valence-corrected chi connectivity index (χ0v) is 14.7. The molecule has 130 valence electrons. The first-order valence-electron chi connectivity index (χ1n) is 8.42. The van der Waals surface area contributed by atoms with Gasteiger partial charge in [0.1, 0.15) is 6.04 Å². The number of fused-ring (bicyclic) bond motifs is 2. The van der Waals surface area contributed by atoms with Crippen LogP contribution in [0.25, 0.3) is 4.96 Å². The Morgan fingerprint density at radius 2 is 2.38 bits per heavy atom. The average Bonchev–Trinajstić information content (AvgIpc) is 3.37. The minimum Gasteiger partial charge on any atom is -0.348 e. The van der Waals surface area contributed by atoms with Crippen molar-refractivity contribution >= 4 is 22.2 Å². The molecule has 26 heavy (non-hydrogen) atoms. The van der Waals surface area contributed by atoms with E-state index < -0.39 is 0 Å². The van der Waals surface area contributed by atoms with E-state index in [0.29, 0.717) is 6.54 Å². The van der Waals surface area contributed by atoms with Crippen LogP contribution in [0.5, 0.6) is 0 Å². The van der Waals surface area contributed by atoms with Crippen LogP contribution in [-0.2, 0) is 17.6 Å². The number of aromatic nitrogens is 5. The van der Waals surface area contributed by atoms with E-state index in [1.807, 2.05) is 39.2 Å². The summed E-state index contributed by atoms with van der Waals surface area (Å²) in [6.07, 6.45) is 10.2. The monoisotopic (exact) mass is 364 g/mol. The summed E-state index contributed by atoms with van der Waals surface area (Å²) in [6.45, 7) is 0.649. The highest BCUT2D eigenvalue weighted by molar-refractivity contribution is 7.15. The van der Waals surface area contributed by atoms with E-state index in [-0.39, 0.29) is 18.4 Å². The number of nitrogens with one attached hydrogen (secondary N) is 1. The van der Waals surface area contributed by atoms with Crippen LogP contribution in [0.4, 0.5) is 0 Å². The lowest BCUT2D eigenvalue weighted by atomic mass is 9.96. The van der Waals surface area contributed by atoms with Crippen LogP contribution >= 0.6 is 11.3 Å². The molecule has 1 aliphatic heterocycles. The Morgan fingerprint density at radius 3 is 3.23 bits per heavy atom. The van der Waals surface area contributed by atoms with Gasteiger partial charge in [0.2, 0.25) is 5.91 Å². The van der Waals surface area contributed by atoms with E-state index in [2.05, 4.69) is 19.9 Å². The predicted octanol–water partition coefficient (Wildman–Crippen LogP) is 2.23. The molecule has 4 aromatic heterocycles. The molecule has 1 aliphatic rings. The summed E-state index contributed by atoms with van der Waals surface area (Å²) in [5.41, 5.74) is 3.76. The number of hydrogen-bond donors (Lipinski definition) is 1. The fourth-order valence-electron chi connectivity index (χ4n) is 3.54. The van der Waals surface area contributed by atoms with Crippen LogP contribution < -0.4 is 0 Å². The van der Waals surface area contributed by atoms with Crippen molar-refractivity contribution in [3.8, 4) is 0 Å². The summed E-state index contributed by atoms with van der Waals surface area (Å²) in [4.78, 5) is 32.4. The number of thiazole rings is 1. The van der Waals surface area contributed by atoms with Gasteiger partial charge in [0.15, 0.2) is 4.96 Å². The van der Waals surface area contributed by atoms with Gasteiger partial charge in [0.25, 0.3) is 0 Å². The highest BCUT2D eigenvalue weighted by atomic mass is 32.1. The number of rotatable bonds is 3. The van der Waals surface area contributed by atoms with E-state index in [9.17, 15) is 4.79 Å². The van der Waals surface area contributed by atoms with Crippen LogP contribution in [-0.4, -0.2) is 41.7 Å². The molecule has 0 aromatic carbocycles. The lowest BCUT2D eigenvalue weighted by molar-refractivity contribution is -0.132. The summed E-state index contributed by atoms with van der Waals surface area (Å²) in [6, 6.07) is 3.67. The first-order valence-corrected chi connectivity index (χ1v) is 9.30. The van der Waals surface area contributed by atoms with Crippen LogP contribution in [0.15, 0.2) is 48.6 Å². The second-order valence-corrected chi connectivity index (χ2v) is 7.17. The van der Waals surface area contributed by atoms with Crippen LogP contribution in [0.2, 0.25) is 0 Å². The van der Waals surface area contributed by atoms with Gasteiger partial charge < -0.3 is 9.88 Å². The quantitative estimate of drug-likeness (QED) is 0.605. The Morgan fingerprint density at radius 1 is 1.42 bits per heavy atom. The van der Waals surface area contributed by atoms with Gasteiger partial charge in [-0.3, -0.25) is 14.2 Å². The van der Waals surface area contributed by atoms with Crippen molar-refractivity contribution in [2.24, 2.45) is 0 Å². The number of carbonyl (C=O) groups is 1. The summed E-state index contributed by atoms with van der Waals surface area (Å²) in [5.74, 6) is 0.0539. The Hall–Kier alpha value is -3.00. The van der Waals surface area contributed by atoms with Crippen molar-refractivity contribution in [1.29, 1.82) is 0 Å². The molecular formula is C18H16N6OS. The van der Waals surface area contributed by atoms with Crippen LogP contribution in [0.1, 0.15) is 28.7 Å². The molecule has 0 radical (unpaired) electrons. The lowest BCUT2D eigenvalue weighted by Crippen LogP contribution is -2.41. The summed E-state index contributed by atoms with van der Waals surface area (Å²) < 4.78 is 1.95. The minimum atomic E-state index is -0.213. The third-order valence-electron chi connectivity index (χ3n) is 4.72. The fourth-order valence-corrected chi connectivity index (χ4v) is 4.26. The van der Waals surface area contributed by atoms with Crippen LogP contribution in [0.3, 0.4) is 0 Å². The second-order valence-electron chi connectivity index (χ2n) is 6.29. The summed E-state index contributed by atoms with van der Waals surface area (Å²) >= 11 is 1.56. The van der Waals surface area contributed by atoms with Gasteiger partial charge in [-0.25, -0.2) is 9.97 Å². The standard InChI is InChI=1S/C18H16N6OS/c25-15(8-13-10-23-6-7-26-18(23)22-13)24-5-3-14-16(21-11-20-14)17(24)12-2-1-4-19-9-12/h1-2,4,6-7,9-11,17H,3,5,8H2,(H,20,21). The first-order chi connectivity index (χ1) is 12.8. The number of pyridine rings is 1. The molecule has 5 rings (SSSR count). The molecule has 8 heteroatoms. The zero-order valence-electron chi connectivity index (χ0n) is 13.9. The predicted molar refractivity (Wildman–Crippen MR) is 96.9 cm³/mol. The Balaban J connectivity index is 1.48. The molecule has 0 spiro atoms. The van der Waals surface area contributed by atoms with Crippen LogP contribution in [0, 0.1) is 0 Å². The van der Waals surface area contributed by atoms with Gasteiger partial charge in [0, 0.05) is 48.8 Å². The van der Waals surface area contributed by atoms with E-state index in [0.717, 1.165) is 34.0 Å². The topological polar surface area (TPSA) is 79.2 Å². The number of carbonyl (C=O) groups excluding carboxylic acids is 1. The van der Waals surface area contributed by atoms with Crippen molar-refractivity contribution in [3.63, 3.8) is 0 Å². The smallest absolute Gasteiger partial charge is 0.229 e. The largest absolute Gasteiger partial charge is 0.348 e. The van der Waals surface area contributed by atoms with Crippen molar-refractivity contribution in [3.05, 3.63) is 71.3 Å². The lowest BCUT2D eigenvalue weighted by Gasteiger charge is -2.35. The fraction of sp³-hybridized carbons (Fsp3) is 0.222. The Kier molecular flexibility index (Phi) is 3.56. The van der Waals surface area contributed by atoms with Crippen molar-refractivity contribution in [2.75, 3.05) is 6.54 Å². The molecular weight excluding hydrogens is 348 g/mol. The Bertz CT molecular complexity index is 1040. The van der Waals surface area contributed by atoms with E-state index >= 15 is 0 Å². The normalized spacial score (nSPS) is 16.8. The second kappa shape index (κ2) is 6.06. The molecule has 4 aromatic rings. The SMILES string of the molecule is O=C(Cc1cn2ccsc2n1)N1CCc2[nH]cnc2C1c1cccnc1. The van der Waals surface area contributed by atoms with Crippen molar-refractivity contribution < 1.29 is 4.79 Å². The number of aromatic amines is 1. The number of nitrogens with zero attached hydrogens (tertiary/aromatic N) is 5. The van der Waals surface area contributed by atoms with Gasteiger partial charge in [-0.15, -0.1) is 11.3 Å². The summed E-state index contributed by atoms with van der Waals surface area (Å²) in [5, 5.41) is 1.98. The zero-order chi connectivity index (χ0) is 17.5. The van der Waals surface area contributed by atoms with Crippen molar-refractivity contribution in [2.45, 2.75) is 18.9 Å². The highest BCUT2D eigenvalue weighted by Crippen LogP contribution is 2.33. The van der Waals surface area contributed by atoms with Gasteiger partial charge in [-0.2, -0.15) is 0 Å². The number of amides is 1. The first kappa shape index (κ1) is 15.3. The number of hydrogen-bond acceptors (Lipinski definition) is 5. The molecule has 1 atom stereocenters. The maximum Gasteiger partial charge on any atom is 0.229 e. The maximum atomic E-state index is 13.1. The maximum absolute atomic E-state index is 13.1. The molecule has 7 nitrogen and oxygen atoms in total. The summed E-state index contributed by atoms with van der Waals surface area (Å²) in [7, 11) is 0. The van der Waals surface area contributed by atoms with E-state index in [4.69, 9.17) is 0 Å². The van der Waals surface area contributed by atoms with Gasteiger partial charge in [-0.05, 0) is 11.6 Å². The molecule has 5 heterocycles. The third-order valence-corrected chi connectivity index (χ3v) is 5.49. The average molecular weight is 364 g/mol. The molecule has 0 saturated heterocycles. The Labute approximate surface area is 153 Å². The minimum absolute atomic E-state index is 0.0539. The molecule has 0 bridgehead atoms.